The summed E-state index contributed by atoms with van der Waals surface area (Å²) in [5.74, 6) is 0.330. The van der Waals surface area contributed by atoms with E-state index in [1.165, 1.54) is 16.6 Å². The maximum atomic E-state index is 13.7. The predicted molar refractivity (Wildman–Crippen MR) is 90.7 cm³/mol. The normalized spacial score (nSPS) is 15.6. The number of nitrogens with zero attached hydrogens (tertiary/aromatic N) is 3. The van der Waals surface area contributed by atoms with Crippen molar-refractivity contribution in [3.63, 3.8) is 0 Å². The minimum absolute atomic E-state index is 0.201. The van der Waals surface area contributed by atoms with Crippen molar-refractivity contribution in [2.24, 2.45) is 0 Å². The molecule has 3 rings (SSSR count). The number of sulfonamides is 1. The second-order valence-electron chi connectivity index (χ2n) is 5.91. The molecule has 2 aromatic rings. The Hall–Kier alpha value is -1.99. The van der Waals surface area contributed by atoms with Crippen molar-refractivity contribution in [3.05, 3.63) is 54.0 Å². The summed E-state index contributed by atoms with van der Waals surface area (Å²) in [5.41, 5.74) is 0.565. The lowest BCUT2D eigenvalue weighted by Gasteiger charge is -2.20. The second kappa shape index (κ2) is 6.86. The molecule has 1 saturated heterocycles. The van der Waals surface area contributed by atoms with Crippen molar-refractivity contribution in [3.8, 4) is 0 Å². The van der Waals surface area contributed by atoms with E-state index in [9.17, 15) is 12.8 Å². The van der Waals surface area contributed by atoms with Gasteiger partial charge in [-0.15, -0.1) is 0 Å². The maximum Gasteiger partial charge on any atom is 0.244 e. The zero-order chi connectivity index (χ0) is 17.2. The van der Waals surface area contributed by atoms with Gasteiger partial charge < -0.3 is 4.90 Å². The number of anilines is 1. The van der Waals surface area contributed by atoms with Crippen LogP contribution in [0.15, 0.2) is 47.5 Å². The van der Waals surface area contributed by atoms with E-state index in [4.69, 9.17) is 0 Å². The van der Waals surface area contributed by atoms with Gasteiger partial charge in [0.05, 0.1) is 0 Å². The average molecular weight is 349 g/mol. The SMILES string of the molecule is CN(Cc1ccccc1F)c1ccc(S(=O)(=O)N2CCCC2)cn1. The molecule has 7 heteroatoms. The summed E-state index contributed by atoms with van der Waals surface area (Å²) in [4.78, 5) is 6.22. The van der Waals surface area contributed by atoms with Crippen LogP contribution in [0.25, 0.3) is 0 Å². The molecule has 0 atom stereocenters. The van der Waals surface area contributed by atoms with Crippen LogP contribution < -0.4 is 4.90 Å². The van der Waals surface area contributed by atoms with Gasteiger partial charge in [-0.05, 0) is 31.0 Å². The number of hydrogen-bond donors (Lipinski definition) is 0. The molecule has 0 unspecified atom stereocenters. The van der Waals surface area contributed by atoms with Crippen LogP contribution in [0.4, 0.5) is 10.2 Å². The van der Waals surface area contributed by atoms with Crippen LogP contribution >= 0.6 is 0 Å². The Kier molecular flexibility index (Phi) is 4.82. The molecule has 5 nitrogen and oxygen atoms in total. The molecule has 128 valence electrons. The highest BCUT2D eigenvalue weighted by Crippen LogP contribution is 2.22. The van der Waals surface area contributed by atoms with Gasteiger partial charge in [-0.1, -0.05) is 18.2 Å². The lowest BCUT2D eigenvalue weighted by atomic mass is 10.2. The van der Waals surface area contributed by atoms with Crippen LogP contribution in [0.2, 0.25) is 0 Å². The smallest absolute Gasteiger partial charge is 0.244 e. The number of rotatable bonds is 5. The number of halogens is 1. The first-order valence-corrected chi connectivity index (χ1v) is 9.33. The van der Waals surface area contributed by atoms with Gasteiger partial charge in [-0.3, -0.25) is 0 Å². The Labute approximate surface area is 141 Å². The third kappa shape index (κ3) is 3.42. The van der Waals surface area contributed by atoms with Gasteiger partial charge in [0, 0.05) is 38.4 Å². The molecule has 0 saturated carbocycles. The van der Waals surface area contributed by atoms with E-state index in [1.807, 2.05) is 0 Å². The summed E-state index contributed by atoms with van der Waals surface area (Å²) in [6, 6.07) is 9.79. The molecular formula is C17H20FN3O2S. The fraction of sp³-hybridized carbons (Fsp3) is 0.353. The molecule has 1 aliphatic heterocycles. The van der Waals surface area contributed by atoms with E-state index in [2.05, 4.69) is 4.98 Å². The highest BCUT2D eigenvalue weighted by molar-refractivity contribution is 7.89. The highest BCUT2D eigenvalue weighted by atomic mass is 32.2. The second-order valence-corrected chi connectivity index (χ2v) is 7.85. The number of hydrogen-bond acceptors (Lipinski definition) is 4. The van der Waals surface area contributed by atoms with Gasteiger partial charge in [0.2, 0.25) is 10.0 Å². The summed E-state index contributed by atoms with van der Waals surface area (Å²) in [6.45, 7) is 1.49. The summed E-state index contributed by atoms with van der Waals surface area (Å²) in [6.07, 6.45) is 3.17. The molecule has 1 aliphatic rings. The average Bonchev–Trinajstić information content (AvgIpc) is 3.12. The van der Waals surface area contributed by atoms with E-state index in [1.54, 1.807) is 42.3 Å². The fourth-order valence-corrected chi connectivity index (χ4v) is 4.25. The summed E-state index contributed by atoms with van der Waals surface area (Å²) in [5, 5.41) is 0. The number of aromatic nitrogens is 1. The largest absolute Gasteiger partial charge is 0.355 e. The van der Waals surface area contributed by atoms with Crippen molar-refractivity contribution in [1.82, 2.24) is 9.29 Å². The third-order valence-electron chi connectivity index (χ3n) is 4.18. The predicted octanol–water partition coefficient (Wildman–Crippen LogP) is 2.64. The molecule has 2 heterocycles. The standard InChI is InChI=1S/C17H20FN3O2S/c1-20(13-14-6-2-3-7-16(14)18)17-9-8-15(12-19-17)24(22,23)21-10-4-5-11-21/h2-3,6-9,12H,4-5,10-11,13H2,1H3. The molecule has 0 N–H and O–H groups in total. The first-order chi connectivity index (χ1) is 11.5. The van der Waals surface area contributed by atoms with Crippen molar-refractivity contribution < 1.29 is 12.8 Å². The lowest BCUT2D eigenvalue weighted by Crippen LogP contribution is -2.28. The molecule has 0 radical (unpaired) electrons. The number of benzene rings is 1. The zero-order valence-corrected chi connectivity index (χ0v) is 14.3. The van der Waals surface area contributed by atoms with Gasteiger partial charge >= 0.3 is 0 Å². The number of pyridine rings is 1. The van der Waals surface area contributed by atoms with Crippen LogP contribution in [-0.4, -0.2) is 37.8 Å². The Balaban J connectivity index is 1.75. The Morgan fingerprint density at radius 2 is 1.88 bits per heavy atom. The first kappa shape index (κ1) is 16.9. The van der Waals surface area contributed by atoms with E-state index in [0.717, 1.165) is 12.8 Å². The molecule has 0 spiro atoms. The summed E-state index contributed by atoms with van der Waals surface area (Å²) >= 11 is 0. The topological polar surface area (TPSA) is 53.5 Å². The minimum Gasteiger partial charge on any atom is -0.355 e. The summed E-state index contributed by atoms with van der Waals surface area (Å²) in [7, 11) is -1.66. The maximum absolute atomic E-state index is 13.7. The van der Waals surface area contributed by atoms with Crippen LogP contribution in [0.1, 0.15) is 18.4 Å². The third-order valence-corrected chi connectivity index (χ3v) is 6.06. The molecule has 1 aromatic carbocycles. The van der Waals surface area contributed by atoms with Crippen molar-refractivity contribution in [2.45, 2.75) is 24.3 Å². The van der Waals surface area contributed by atoms with E-state index in [0.29, 0.717) is 31.0 Å². The fourth-order valence-electron chi connectivity index (χ4n) is 2.79. The zero-order valence-electron chi connectivity index (χ0n) is 13.5. The lowest BCUT2D eigenvalue weighted by molar-refractivity contribution is 0.477. The van der Waals surface area contributed by atoms with Crippen molar-refractivity contribution in [2.75, 3.05) is 25.0 Å². The van der Waals surface area contributed by atoms with Gasteiger partial charge in [0.25, 0.3) is 0 Å². The van der Waals surface area contributed by atoms with Gasteiger partial charge in [-0.2, -0.15) is 4.31 Å². The van der Waals surface area contributed by atoms with Crippen LogP contribution in [0, 0.1) is 5.82 Å². The van der Waals surface area contributed by atoms with Gasteiger partial charge in [0.15, 0.2) is 0 Å². The quantitative estimate of drug-likeness (QED) is 0.833. The molecule has 1 fully saturated rings. The first-order valence-electron chi connectivity index (χ1n) is 7.89. The van der Waals surface area contributed by atoms with E-state index in [-0.39, 0.29) is 10.7 Å². The van der Waals surface area contributed by atoms with E-state index < -0.39 is 10.0 Å². The molecule has 0 aliphatic carbocycles. The Bertz CT molecular complexity index is 803. The van der Waals surface area contributed by atoms with Crippen LogP contribution in [0.3, 0.4) is 0 Å². The van der Waals surface area contributed by atoms with Gasteiger partial charge in [0.1, 0.15) is 16.5 Å². The van der Waals surface area contributed by atoms with E-state index >= 15 is 0 Å². The molecule has 0 bridgehead atoms. The van der Waals surface area contributed by atoms with Crippen LogP contribution in [-0.2, 0) is 16.6 Å². The van der Waals surface area contributed by atoms with Gasteiger partial charge in [-0.25, -0.2) is 17.8 Å². The van der Waals surface area contributed by atoms with Crippen molar-refractivity contribution in [1.29, 1.82) is 0 Å². The monoisotopic (exact) mass is 349 g/mol. The molecule has 1 aromatic heterocycles. The van der Waals surface area contributed by atoms with Crippen LogP contribution in [0.5, 0.6) is 0 Å². The molecular weight excluding hydrogens is 329 g/mol. The minimum atomic E-state index is -3.45. The highest BCUT2D eigenvalue weighted by Gasteiger charge is 2.27. The van der Waals surface area contributed by atoms with Crippen molar-refractivity contribution >= 4 is 15.8 Å². The Morgan fingerprint density at radius 3 is 2.50 bits per heavy atom. The molecule has 0 amide bonds. The molecule has 24 heavy (non-hydrogen) atoms. The summed E-state index contributed by atoms with van der Waals surface area (Å²) < 4.78 is 40.2. The Morgan fingerprint density at radius 1 is 1.17 bits per heavy atom.